The Morgan fingerprint density at radius 2 is 2.00 bits per heavy atom. The van der Waals surface area contributed by atoms with Gasteiger partial charge in [-0.1, -0.05) is 18.2 Å². The van der Waals surface area contributed by atoms with Crippen molar-refractivity contribution in [3.63, 3.8) is 0 Å². The second-order valence-electron chi connectivity index (χ2n) is 7.46. The molecule has 0 atom stereocenters. The lowest BCUT2D eigenvalue weighted by atomic mass is 10.1. The van der Waals surface area contributed by atoms with Crippen LogP contribution in [0.15, 0.2) is 41.4 Å². The molecule has 0 saturated carbocycles. The minimum atomic E-state index is 0.349. The number of pyridine rings is 1. The van der Waals surface area contributed by atoms with E-state index in [2.05, 4.69) is 39.6 Å². The quantitative estimate of drug-likeness (QED) is 0.354. The molecule has 7 nitrogen and oxygen atoms in total. The van der Waals surface area contributed by atoms with E-state index >= 15 is 0 Å². The van der Waals surface area contributed by atoms with Gasteiger partial charge in [0, 0.05) is 51.9 Å². The van der Waals surface area contributed by atoms with Crippen LogP contribution < -0.4 is 10.6 Å². The summed E-state index contributed by atoms with van der Waals surface area (Å²) in [5, 5.41) is 7.96. The van der Waals surface area contributed by atoms with Gasteiger partial charge in [0.05, 0.1) is 18.2 Å². The second kappa shape index (κ2) is 12.3. The molecule has 164 valence electrons. The Bertz CT molecular complexity index is 790. The molecule has 1 aromatic carbocycles. The van der Waals surface area contributed by atoms with E-state index in [1.165, 1.54) is 0 Å². The number of likely N-dealkylation sites (tertiary alicyclic amines) is 1. The molecule has 30 heavy (non-hydrogen) atoms. The largest absolute Gasteiger partial charge is 0.385 e. The van der Waals surface area contributed by atoms with Crippen LogP contribution in [0.2, 0.25) is 0 Å². The summed E-state index contributed by atoms with van der Waals surface area (Å²) in [4.78, 5) is 11.8. The summed E-state index contributed by atoms with van der Waals surface area (Å²) >= 11 is 0. The number of aliphatic imine (C=N–C) groups is 1. The first-order valence-electron chi connectivity index (χ1n) is 11.0. The number of piperidine rings is 1. The number of nitrogens with zero attached hydrogens (tertiary/aromatic N) is 3. The topological polar surface area (TPSA) is 71.0 Å². The van der Waals surface area contributed by atoms with E-state index in [9.17, 15) is 0 Å². The third-order valence-corrected chi connectivity index (χ3v) is 5.20. The monoisotopic (exact) mass is 413 g/mol. The first kappa shape index (κ1) is 22.3. The number of ether oxygens (including phenoxy) is 2. The Kier molecular flexibility index (Phi) is 9.18. The summed E-state index contributed by atoms with van der Waals surface area (Å²) < 4.78 is 11.0. The summed E-state index contributed by atoms with van der Waals surface area (Å²) in [6, 6.07) is 12.3. The molecule has 2 aromatic rings. The zero-order chi connectivity index (χ0) is 21.0. The second-order valence-corrected chi connectivity index (χ2v) is 7.46. The molecule has 1 aliphatic heterocycles. The van der Waals surface area contributed by atoms with E-state index in [1.54, 1.807) is 7.11 Å². The lowest BCUT2D eigenvalue weighted by Gasteiger charge is -2.34. The van der Waals surface area contributed by atoms with Crippen molar-refractivity contribution in [2.75, 3.05) is 58.4 Å². The van der Waals surface area contributed by atoms with Crippen LogP contribution in [-0.2, 0) is 9.47 Å². The maximum absolute atomic E-state index is 5.97. The van der Waals surface area contributed by atoms with Crippen molar-refractivity contribution >= 4 is 22.7 Å². The molecule has 2 N–H and O–H groups in total. The molecular weight excluding hydrogens is 378 g/mol. The predicted octanol–water partition coefficient (Wildman–Crippen LogP) is 3.13. The number of benzene rings is 1. The van der Waals surface area contributed by atoms with Crippen molar-refractivity contribution in [3.8, 4) is 0 Å². The van der Waals surface area contributed by atoms with Crippen LogP contribution in [0, 0.1) is 0 Å². The number of fused-ring (bicyclic) bond motifs is 1. The lowest BCUT2D eigenvalue weighted by molar-refractivity contribution is 0.00991. The summed E-state index contributed by atoms with van der Waals surface area (Å²) in [6.07, 6.45) is 3.38. The van der Waals surface area contributed by atoms with Gasteiger partial charge in [-0.3, -0.25) is 4.99 Å². The lowest BCUT2D eigenvalue weighted by Crippen LogP contribution is -2.47. The molecule has 0 spiro atoms. The maximum Gasteiger partial charge on any atom is 0.193 e. The van der Waals surface area contributed by atoms with Gasteiger partial charge in [-0.25, -0.2) is 4.98 Å². The Morgan fingerprint density at radius 3 is 2.80 bits per heavy atom. The molecule has 1 aliphatic rings. The minimum Gasteiger partial charge on any atom is -0.385 e. The number of para-hydroxylation sites is 1. The molecule has 0 radical (unpaired) electrons. The molecule has 0 bridgehead atoms. The average Bonchev–Trinajstić information content (AvgIpc) is 2.79. The van der Waals surface area contributed by atoms with Gasteiger partial charge in [-0.15, -0.1) is 0 Å². The normalized spacial score (nSPS) is 15.5. The van der Waals surface area contributed by atoms with Crippen molar-refractivity contribution in [1.29, 1.82) is 0 Å². The van der Waals surface area contributed by atoms with E-state index < -0.39 is 0 Å². The molecule has 1 saturated heterocycles. The highest BCUT2D eigenvalue weighted by Gasteiger charge is 2.21. The number of guanidine groups is 1. The van der Waals surface area contributed by atoms with Crippen LogP contribution in [0.5, 0.6) is 0 Å². The van der Waals surface area contributed by atoms with Crippen molar-refractivity contribution < 1.29 is 9.47 Å². The maximum atomic E-state index is 5.97. The van der Waals surface area contributed by atoms with Gasteiger partial charge in [0.2, 0.25) is 0 Å². The highest BCUT2D eigenvalue weighted by Crippen LogP contribution is 2.15. The van der Waals surface area contributed by atoms with Crippen molar-refractivity contribution in [2.45, 2.75) is 32.3 Å². The summed E-state index contributed by atoms with van der Waals surface area (Å²) in [6.45, 7) is 7.91. The van der Waals surface area contributed by atoms with E-state index in [0.717, 1.165) is 81.3 Å². The smallest absolute Gasteiger partial charge is 0.193 e. The highest BCUT2D eigenvalue weighted by molar-refractivity contribution is 5.80. The van der Waals surface area contributed by atoms with Gasteiger partial charge in [-0.05, 0) is 44.4 Å². The number of aromatic nitrogens is 1. The van der Waals surface area contributed by atoms with Crippen LogP contribution in [-0.4, -0.2) is 75.0 Å². The van der Waals surface area contributed by atoms with E-state index in [0.29, 0.717) is 12.6 Å². The molecular formula is C23H35N5O2. The number of rotatable bonds is 10. The number of hydrogen-bond acceptors (Lipinski definition) is 5. The zero-order valence-corrected chi connectivity index (χ0v) is 18.3. The van der Waals surface area contributed by atoms with Gasteiger partial charge < -0.3 is 25.0 Å². The SMILES string of the molecule is CCNC(=NCCNc1ccc2ccccc2n1)N1CCC(OCCCOC)CC1. The van der Waals surface area contributed by atoms with Gasteiger partial charge in [0.15, 0.2) is 5.96 Å². The Morgan fingerprint density at radius 1 is 1.17 bits per heavy atom. The fourth-order valence-corrected chi connectivity index (χ4v) is 3.62. The van der Waals surface area contributed by atoms with Gasteiger partial charge >= 0.3 is 0 Å². The van der Waals surface area contributed by atoms with E-state index in [4.69, 9.17) is 14.5 Å². The first-order valence-corrected chi connectivity index (χ1v) is 11.0. The van der Waals surface area contributed by atoms with Crippen molar-refractivity contribution in [1.82, 2.24) is 15.2 Å². The van der Waals surface area contributed by atoms with Gasteiger partial charge in [-0.2, -0.15) is 0 Å². The standard InChI is InChI=1S/C23H35N5O2/c1-3-24-23(28-15-11-20(12-16-28)30-18-6-17-29-2)26-14-13-25-22-10-9-19-7-4-5-8-21(19)27-22/h4-5,7-10,20H,3,6,11-18H2,1-2H3,(H,24,26)(H,25,27). The molecule has 1 fully saturated rings. The number of methoxy groups -OCH3 is 1. The van der Waals surface area contributed by atoms with Crippen LogP contribution in [0.25, 0.3) is 10.9 Å². The average molecular weight is 414 g/mol. The first-order chi connectivity index (χ1) is 14.8. The molecule has 0 unspecified atom stereocenters. The molecule has 2 heterocycles. The molecule has 3 rings (SSSR count). The summed E-state index contributed by atoms with van der Waals surface area (Å²) in [7, 11) is 1.73. The van der Waals surface area contributed by atoms with Gasteiger partial charge in [0.25, 0.3) is 0 Å². The molecule has 7 heteroatoms. The Balaban J connectivity index is 1.44. The van der Waals surface area contributed by atoms with Crippen LogP contribution in [0.4, 0.5) is 5.82 Å². The third-order valence-electron chi connectivity index (χ3n) is 5.20. The summed E-state index contributed by atoms with van der Waals surface area (Å²) in [5.74, 6) is 1.88. The number of nitrogens with one attached hydrogen (secondary N) is 2. The third kappa shape index (κ3) is 6.85. The fraction of sp³-hybridized carbons (Fsp3) is 0.565. The van der Waals surface area contributed by atoms with E-state index in [-0.39, 0.29) is 0 Å². The van der Waals surface area contributed by atoms with Crippen LogP contribution in [0.1, 0.15) is 26.2 Å². The summed E-state index contributed by atoms with van der Waals surface area (Å²) in [5.41, 5.74) is 1.01. The molecule has 0 amide bonds. The Hall–Kier alpha value is -2.38. The van der Waals surface area contributed by atoms with E-state index in [1.807, 2.05) is 24.3 Å². The molecule has 0 aliphatic carbocycles. The molecule has 1 aromatic heterocycles. The van der Waals surface area contributed by atoms with Crippen LogP contribution >= 0.6 is 0 Å². The Labute approximate surface area is 179 Å². The zero-order valence-electron chi connectivity index (χ0n) is 18.3. The predicted molar refractivity (Wildman–Crippen MR) is 123 cm³/mol. The van der Waals surface area contributed by atoms with Crippen LogP contribution in [0.3, 0.4) is 0 Å². The minimum absolute atomic E-state index is 0.349. The number of hydrogen-bond donors (Lipinski definition) is 2. The van der Waals surface area contributed by atoms with Gasteiger partial charge in [0.1, 0.15) is 5.82 Å². The number of anilines is 1. The highest BCUT2D eigenvalue weighted by atomic mass is 16.5. The van der Waals surface area contributed by atoms with Crippen molar-refractivity contribution in [3.05, 3.63) is 36.4 Å². The van der Waals surface area contributed by atoms with Crippen molar-refractivity contribution in [2.24, 2.45) is 4.99 Å². The fourth-order valence-electron chi connectivity index (χ4n) is 3.62.